The lowest BCUT2D eigenvalue weighted by Gasteiger charge is -2.32. The molecular formula is C19H26Cl2N2O. The summed E-state index contributed by atoms with van der Waals surface area (Å²) in [5.74, 6) is 0.879. The van der Waals surface area contributed by atoms with Crippen molar-refractivity contribution in [1.29, 1.82) is 0 Å². The second-order valence-corrected chi connectivity index (χ2v) is 8.04. The Balaban J connectivity index is 1.40. The van der Waals surface area contributed by atoms with Crippen molar-refractivity contribution in [2.24, 2.45) is 5.92 Å². The number of halogens is 2. The molecule has 1 aromatic rings. The molecule has 1 N–H and O–H groups in total. The van der Waals surface area contributed by atoms with Gasteiger partial charge in [0.15, 0.2) is 0 Å². The van der Waals surface area contributed by atoms with Crippen molar-refractivity contribution < 1.29 is 4.79 Å². The van der Waals surface area contributed by atoms with Crippen LogP contribution in [0.4, 0.5) is 0 Å². The van der Waals surface area contributed by atoms with Crippen molar-refractivity contribution in [3.63, 3.8) is 0 Å². The number of hydrogen-bond acceptors (Lipinski definition) is 2. The molecule has 0 spiro atoms. The number of nitrogens with zero attached hydrogens (tertiary/aromatic N) is 1. The van der Waals surface area contributed by atoms with Crippen LogP contribution in [0.2, 0.25) is 10.0 Å². The van der Waals surface area contributed by atoms with Crippen LogP contribution in [0.5, 0.6) is 0 Å². The zero-order chi connectivity index (χ0) is 16.9. The van der Waals surface area contributed by atoms with Gasteiger partial charge in [0.05, 0.1) is 10.0 Å². The summed E-state index contributed by atoms with van der Waals surface area (Å²) in [5.41, 5.74) is 1.19. The minimum absolute atomic E-state index is 0.254. The first-order valence-electron chi connectivity index (χ1n) is 9.06. The van der Waals surface area contributed by atoms with E-state index in [4.69, 9.17) is 23.2 Å². The monoisotopic (exact) mass is 368 g/mol. The molecule has 1 saturated heterocycles. The second-order valence-electron chi connectivity index (χ2n) is 7.22. The molecule has 0 radical (unpaired) electrons. The summed E-state index contributed by atoms with van der Waals surface area (Å²) < 4.78 is 0. The summed E-state index contributed by atoms with van der Waals surface area (Å²) in [7, 11) is 0. The first-order chi connectivity index (χ1) is 11.6. The molecule has 0 atom stereocenters. The van der Waals surface area contributed by atoms with Crippen LogP contribution in [0.25, 0.3) is 0 Å². The maximum absolute atomic E-state index is 12.2. The minimum Gasteiger partial charge on any atom is -0.353 e. The Morgan fingerprint density at radius 1 is 1.08 bits per heavy atom. The third-order valence-electron chi connectivity index (χ3n) is 5.29. The fourth-order valence-corrected chi connectivity index (χ4v) is 4.22. The quantitative estimate of drug-likeness (QED) is 0.819. The number of carbonyl (C=O) groups is 1. The van der Waals surface area contributed by atoms with Gasteiger partial charge in [0.1, 0.15) is 0 Å². The largest absolute Gasteiger partial charge is 0.353 e. The first kappa shape index (κ1) is 18.0. The van der Waals surface area contributed by atoms with Crippen LogP contribution in [0.1, 0.15) is 50.5 Å². The maximum Gasteiger partial charge on any atom is 0.220 e. The van der Waals surface area contributed by atoms with Crippen molar-refractivity contribution in [2.45, 2.75) is 57.5 Å². The van der Waals surface area contributed by atoms with E-state index in [1.54, 1.807) is 0 Å². The number of amides is 1. The molecular weight excluding hydrogens is 343 g/mol. The summed E-state index contributed by atoms with van der Waals surface area (Å²) in [5, 5.41) is 4.46. The number of hydrogen-bond donors (Lipinski definition) is 1. The zero-order valence-electron chi connectivity index (χ0n) is 14.1. The van der Waals surface area contributed by atoms with Gasteiger partial charge in [0.25, 0.3) is 0 Å². The van der Waals surface area contributed by atoms with Crippen molar-refractivity contribution in [3.8, 4) is 0 Å². The van der Waals surface area contributed by atoms with Gasteiger partial charge < -0.3 is 5.32 Å². The van der Waals surface area contributed by atoms with Crippen LogP contribution in [0.15, 0.2) is 18.2 Å². The van der Waals surface area contributed by atoms with Crippen molar-refractivity contribution in [1.82, 2.24) is 10.2 Å². The molecule has 2 fully saturated rings. The number of nitrogens with one attached hydrogen (secondary N) is 1. The van der Waals surface area contributed by atoms with Gasteiger partial charge in [0.2, 0.25) is 5.91 Å². The maximum atomic E-state index is 12.2. The van der Waals surface area contributed by atoms with Gasteiger partial charge in [-0.25, -0.2) is 0 Å². The van der Waals surface area contributed by atoms with Gasteiger partial charge in [-0.2, -0.15) is 0 Å². The highest BCUT2D eigenvalue weighted by atomic mass is 35.5. The molecule has 1 heterocycles. The average Bonchev–Trinajstić information content (AvgIpc) is 3.06. The normalized spacial score (nSPS) is 20.4. The van der Waals surface area contributed by atoms with E-state index < -0.39 is 0 Å². The van der Waals surface area contributed by atoms with E-state index in [9.17, 15) is 4.79 Å². The molecule has 0 bridgehead atoms. The molecule has 24 heavy (non-hydrogen) atoms. The Morgan fingerprint density at radius 2 is 1.79 bits per heavy atom. The van der Waals surface area contributed by atoms with Crippen LogP contribution in [-0.2, 0) is 11.3 Å². The molecule has 5 heteroatoms. The van der Waals surface area contributed by atoms with Gasteiger partial charge in [-0.3, -0.25) is 9.69 Å². The van der Waals surface area contributed by atoms with E-state index in [2.05, 4.69) is 10.2 Å². The second kappa shape index (κ2) is 8.55. The molecule has 1 aliphatic heterocycles. The highest BCUT2D eigenvalue weighted by Gasteiger charge is 2.23. The lowest BCUT2D eigenvalue weighted by molar-refractivity contribution is -0.123. The third kappa shape index (κ3) is 5.11. The van der Waals surface area contributed by atoms with Crippen LogP contribution >= 0.6 is 23.2 Å². The first-order valence-corrected chi connectivity index (χ1v) is 9.81. The summed E-state index contributed by atoms with van der Waals surface area (Å²) in [6, 6.07) is 6.17. The highest BCUT2D eigenvalue weighted by molar-refractivity contribution is 6.42. The smallest absolute Gasteiger partial charge is 0.220 e. The number of rotatable bonds is 5. The molecule has 3 rings (SSSR count). The van der Waals surface area contributed by atoms with Gasteiger partial charge >= 0.3 is 0 Å². The molecule has 2 aliphatic rings. The molecule has 1 aliphatic carbocycles. The molecule has 3 nitrogen and oxygen atoms in total. The molecule has 1 aromatic carbocycles. The summed E-state index contributed by atoms with van der Waals surface area (Å²) in [6.45, 7) is 2.91. The van der Waals surface area contributed by atoms with Gasteiger partial charge in [-0.15, -0.1) is 0 Å². The summed E-state index contributed by atoms with van der Waals surface area (Å²) in [6.07, 6.45) is 7.83. The SMILES string of the molecule is O=C(CC1CCCC1)NC1CCN(Cc2ccc(Cl)c(Cl)c2)CC1. The Bertz CT molecular complexity index is 564. The van der Waals surface area contributed by atoms with Crippen LogP contribution < -0.4 is 5.32 Å². The van der Waals surface area contributed by atoms with E-state index in [0.717, 1.165) is 38.9 Å². The predicted octanol–water partition coefficient (Wildman–Crippen LogP) is 4.65. The highest BCUT2D eigenvalue weighted by Crippen LogP contribution is 2.27. The Hall–Kier alpha value is -0.770. The third-order valence-corrected chi connectivity index (χ3v) is 6.03. The number of benzene rings is 1. The molecule has 0 unspecified atom stereocenters. The summed E-state index contributed by atoms with van der Waals surface area (Å²) in [4.78, 5) is 14.6. The fraction of sp³-hybridized carbons (Fsp3) is 0.632. The predicted molar refractivity (Wildman–Crippen MR) is 99.5 cm³/mol. The van der Waals surface area contributed by atoms with E-state index in [0.29, 0.717) is 22.0 Å². The topological polar surface area (TPSA) is 32.3 Å². The molecule has 1 amide bonds. The van der Waals surface area contributed by atoms with Crippen LogP contribution in [-0.4, -0.2) is 29.9 Å². The molecule has 132 valence electrons. The van der Waals surface area contributed by atoms with Crippen molar-refractivity contribution in [2.75, 3.05) is 13.1 Å². The van der Waals surface area contributed by atoms with Gasteiger partial charge in [-0.1, -0.05) is 42.1 Å². The summed E-state index contributed by atoms with van der Waals surface area (Å²) >= 11 is 12.0. The number of carbonyl (C=O) groups excluding carboxylic acids is 1. The van der Waals surface area contributed by atoms with Crippen molar-refractivity contribution in [3.05, 3.63) is 33.8 Å². The van der Waals surface area contributed by atoms with E-state index >= 15 is 0 Å². The van der Waals surface area contributed by atoms with Crippen molar-refractivity contribution >= 4 is 29.1 Å². The fourth-order valence-electron chi connectivity index (χ4n) is 3.89. The van der Waals surface area contributed by atoms with E-state index in [1.165, 1.54) is 31.2 Å². The van der Waals surface area contributed by atoms with Crippen LogP contribution in [0, 0.1) is 5.92 Å². The van der Waals surface area contributed by atoms with E-state index in [1.807, 2.05) is 18.2 Å². The Kier molecular flexibility index (Phi) is 6.43. The van der Waals surface area contributed by atoms with E-state index in [-0.39, 0.29) is 5.91 Å². The number of likely N-dealkylation sites (tertiary alicyclic amines) is 1. The number of piperidine rings is 1. The average molecular weight is 369 g/mol. The van der Waals surface area contributed by atoms with Gasteiger partial charge in [-0.05, 0) is 49.3 Å². The van der Waals surface area contributed by atoms with Crippen LogP contribution in [0.3, 0.4) is 0 Å². The molecule has 0 aromatic heterocycles. The Labute approximate surface area is 154 Å². The standard InChI is InChI=1S/C19H26Cl2N2O/c20-17-6-5-15(11-18(17)21)13-23-9-7-16(8-10-23)22-19(24)12-14-3-1-2-4-14/h5-6,11,14,16H,1-4,7-10,12-13H2,(H,22,24). The van der Waals surface area contributed by atoms with Gasteiger partial charge in [0, 0.05) is 32.1 Å². The lowest BCUT2D eigenvalue weighted by Crippen LogP contribution is -2.44. The zero-order valence-corrected chi connectivity index (χ0v) is 15.6. The lowest BCUT2D eigenvalue weighted by atomic mass is 10.0. The Morgan fingerprint density at radius 3 is 2.46 bits per heavy atom. The minimum atomic E-state index is 0.254. The molecule has 1 saturated carbocycles.